The summed E-state index contributed by atoms with van der Waals surface area (Å²) >= 11 is 0. The number of aromatic nitrogens is 3. The van der Waals surface area contributed by atoms with Gasteiger partial charge >= 0.3 is 12.2 Å². The van der Waals surface area contributed by atoms with Gasteiger partial charge in [-0.15, -0.1) is 5.10 Å². The fraction of sp³-hybridized carbons (Fsp3) is 0.432. The number of urea groups is 1. The molecule has 1 aromatic heterocycles. The number of hydrogen-bond donors (Lipinski definition) is 1. The van der Waals surface area contributed by atoms with Gasteiger partial charge in [0.05, 0.1) is 60.0 Å². The fourth-order valence-corrected chi connectivity index (χ4v) is 6.80. The summed E-state index contributed by atoms with van der Waals surface area (Å²) in [6.45, 7) is 4.41. The molecule has 3 aliphatic heterocycles. The largest absolute Gasteiger partial charge is 0.493 e. The van der Waals surface area contributed by atoms with Gasteiger partial charge < -0.3 is 14.4 Å². The summed E-state index contributed by atoms with van der Waals surface area (Å²) < 4.78 is 53.8. The first-order chi connectivity index (χ1) is 26.6. The zero-order valence-electron chi connectivity index (χ0n) is 30.4. The highest BCUT2D eigenvalue weighted by molar-refractivity contribution is 6.25. The van der Waals surface area contributed by atoms with E-state index in [9.17, 15) is 41.9 Å². The number of piperidine rings is 1. The summed E-state index contributed by atoms with van der Waals surface area (Å²) in [5.41, 5.74) is -2.60. The van der Waals surface area contributed by atoms with Crippen LogP contribution in [0.4, 0.5) is 23.7 Å². The summed E-state index contributed by atoms with van der Waals surface area (Å²) in [5, 5.41) is 19.5. The molecular formula is C37H37F3N8O8. The minimum absolute atomic E-state index is 0.0188. The maximum atomic E-state index is 13.5. The maximum Gasteiger partial charge on any atom is 0.417 e. The van der Waals surface area contributed by atoms with Gasteiger partial charge in [0.15, 0.2) is 0 Å². The molecule has 19 heteroatoms. The lowest BCUT2D eigenvalue weighted by atomic mass is 10.0. The van der Waals surface area contributed by atoms with E-state index >= 15 is 0 Å². The molecule has 0 radical (unpaired) electrons. The van der Waals surface area contributed by atoms with Crippen molar-refractivity contribution in [1.29, 1.82) is 5.26 Å². The van der Waals surface area contributed by atoms with Gasteiger partial charge in [-0.2, -0.15) is 18.4 Å². The standard InChI is InChI=1S/C37H37F3N8O8/c1-36(2)34(53)47(24-11-10-22(19-41)26(18-24)37(38,39)40)35(54)46(36)15-5-3-4-14-45-20-23(43-44-45)21-55-16-7-17-56-28-9-6-8-25-30(28)33(52)48(32(25)51)27-12-13-29(49)42-31(27)50/h6,8-11,18,20,27H,3-5,7,12-17,21H2,1-2H3,(H,42,49,50). The minimum atomic E-state index is -4.84. The highest BCUT2D eigenvalue weighted by Crippen LogP contribution is 2.38. The number of nitrogens with one attached hydrogen (secondary N) is 1. The number of nitrogens with zero attached hydrogens (tertiary/aromatic N) is 7. The summed E-state index contributed by atoms with van der Waals surface area (Å²) in [4.78, 5) is 79.5. The Morgan fingerprint density at radius 3 is 2.48 bits per heavy atom. The first-order valence-corrected chi connectivity index (χ1v) is 17.8. The molecule has 3 aliphatic rings. The van der Waals surface area contributed by atoms with Crippen LogP contribution < -0.4 is 15.0 Å². The number of ether oxygens (including phenoxy) is 2. The molecule has 1 N–H and O–H groups in total. The molecule has 2 aromatic carbocycles. The summed E-state index contributed by atoms with van der Waals surface area (Å²) in [6.07, 6.45) is -0.778. The SMILES string of the molecule is CC1(C)C(=O)N(c2ccc(C#N)c(C(F)(F)F)c2)C(=O)N1CCCCCn1cc(COCCCOc2cccc3c2C(=O)N(C2CCC(=O)NC2=O)C3=O)nn1. The Kier molecular flexibility index (Phi) is 11.2. The van der Waals surface area contributed by atoms with Crippen LogP contribution in [0.5, 0.6) is 5.75 Å². The summed E-state index contributed by atoms with van der Waals surface area (Å²) in [5.74, 6) is -2.89. The van der Waals surface area contributed by atoms with Gasteiger partial charge in [0.1, 0.15) is 23.0 Å². The molecule has 6 rings (SSSR count). The Hall–Kier alpha value is -6.16. The highest BCUT2D eigenvalue weighted by Gasteiger charge is 2.52. The van der Waals surface area contributed by atoms with E-state index < -0.39 is 64.5 Å². The average molecular weight is 779 g/mol. The number of nitriles is 1. The van der Waals surface area contributed by atoms with Crippen LogP contribution in [0.1, 0.15) is 89.9 Å². The van der Waals surface area contributed by atoms with E-state index in [-0.39, 0.29) is 61.8 Å². The molecule has 2 saturated heterocycles. The second-order valence-corrected chi connectivity index (χ2v) is 13.9. The zero-order valence-corrected chi connectivity index (χ0v) is 30.4. The smallest absolute Gasteiger partial charge is 0.417 e. The molecule has 0 spiro atoms. The van der Waals surface area contributed by atoms with Crippen molar-refractivity contribution in [3.63, 3.8) is 0 Å². The van der Waals surface area contributed by atoms with Crippen molar-refractivity contribution >= 4 is 41.3 Å². The normalized spacial score (nSPS) is 18.1. The molecule has 16 nitrogen and oxygen atoms in total. The van der Waals surface area contributed by atoms with Crippen molar-refractivity contribution in [3.05, 3.63) is 70.5 Å². The van der Waals surface area contributed by atoms with Crippen LogP contribution in [0.2, 0.25) is 0 Å². The number of carbonyl (C=O) groups is 6. The van der Waals surface area contributed by atoms with E-state index in [2.05, 4.69) is 15.6 Å². The molecule has 3 aromatic rings. The molecular weight excluding hydrogens is 741 g/mol. The second kappa shape index (κ2) is 15.9. The topological polar surface area (TPSA) is 197 Å². The lowest BCUT2D eigenvalue weighted by Crippen LogP contribution is -2.54. The predicted molar refractivity (Wildman–Crippen MR) is 187 cm³/mol. The minimum Gasteiger partial charge on any atom is -0.493 e. The lowest BCUT2D eigenvalue weighted by molar-refractivity contribution is -0.138. The van der Waals surface area contributed by atoms with Crippen molar-refractivity contribution in [1.82, 2.24) is 30.1 Å². The van der Waals surface area contributed by atoms with E-state index in [1.165, 1.54) is 30.9 Å². The first kappa shape index (κ1) is 39.5. The number of unbranched alkanes of at least 4 members (excludes halogenated alkanes) is 2. The van der Waals surface area contributed by atoms with E-state index in [0.29, 0.717) is 44.0 Å². The van der Waals surface area contributed by atoms with Gasteiger partial charge in [-0.05, 0) is 69.9 Å². The van der Waals surface area contributed by atoms with Gasteiger partial charge in [0.2, 0.25) is 11.8 Å². The number of rotatable bonds is 15. The van der Waals surface area contributed by atoms with Crippen LogP contribution in [0.15, 0.2) is 42.6 Å². The molecule has 1 unspecified atom stereocenters. The van der Waals surface area contributed by atoms with E-state index in [1.54, 1.807) is 23.0 Å². The van der Waals surface area contributed by atoms with Crippen LogP contribution >= 0.6 is 0 Å². The van der Waals surface area contributed by atoms with Gasteiger partial charge in [-0.3, -0.25) is 38.9 Å². The first-order valence-electron chi connectivity index (χ1n) is 17.8. The van der Waals surface area contributed by atoms with Gasteiger partial charge in [-0.25, -0.2) is 9.69 Å². The Bertz CT molecular complexity index is 2130. The molecule has 294 valence electrons. The molecule has 56 heavy (non-hydrogen) atoms. The highest BCUT2D eigenvalue weighted by atomic mass is 19.4. The summed E-state index contributed by atoms with van der Waals surface area (Å²) in [7, 11) is 0. The number of amides is 7. The van der Waals surface area contributed by atoms with Crippen molar-refractivity contribution in [2.45, 2.75) is 83.3 Å². The number of hydrogen-bond acceptors (Lipinski definition) is 11. The fourth-order valence-electron chi connectivity index (χ4n) is 6.80. The molecule has 4 heterocycles. The van der Waals surface area contributed by atoms with E-state index in [4.69, 9.17) is 14.7 Å². The molecule has 1 atom stereocenters. The third kappa shape index (κ3) is 7.82. The van der Waals surface area contributed by atoms with Crippen molar-refractivity contribution in [2.24, 2.45) is 0 Å². The van der Waals surface area contributed by atoms with Crippen LogP contribution in [-0.2, 0) is 38.4 Å². The monoisotopic (exact) mass is 778 g/mol. The number of aryl methyl sites for hydroxylation is 1. The molecule has 0 saturated carbocycles. The van der Waals surface area contributed by atoms with Crippen molar-refractivity contribution < 1.29 is 51.4 Å². The van der Waals surface area contributed by atoms with Gasteiger partial charge in [-0.1, -0.05) is 11.3 Å². The quantitative estimate of drug-likeness (QED) is 0.133. The number of imide groups is 3. The molecule has 0 aliphatic carbocycles. The molecule has 0 bridgehead atoms. The Labute approximate surface area is 318 Å². The number of anilines is 1. The number of fused-ring (bicyclic) bond motifs is 1. The third-order valence-corrected chi connectivity index (χ3v) is 9.74. The lowest BCUT2D eigenvalue weighted by Gasteiger charge is -2.27. The van der Waals surface area contributed by atoms with Crippen LogP contribution in [0.25, 0.3) is 0 Å². The maximum absolute atomic E-state index is 13.5. The summed E-state index contributed by atoms with van der Waals surface area (Å²) in [6, 6.07) is 7.06. The van der Waals surface area contributed by atoms with Crippen LogP contribution in [-0.4, -0.2) is 91.7 Å². The Morgan fingerprint density at radius 1 is 0.982 bits per heavy atom. The predicted octanol–water partition coefficient (Wildman–Crippen LogP) is 3.97. The van der Waals surface area contributed by atoms with Gasteiger partial charge in [0, 0.05) is 25.9 Å². The number of halogens is 3. The third-order valence-electron chi connectivity index (χ3n) is 9.74. The Balaban J connectivity index is 0.908. The molecule has 2 fully saturated rings. The number of benzene rings is 2. The van der Waals surface area contributed by atoms with E-state index in [0.717, 1.165) is 21.9 Å². The van der Waals surface area contributed by atoms with Gasteiger partial charge in [0.25, 0.3) is 17.7 Å². The van der Waals surface area contributed by atoms with Crippen LogP contribution in [0, 0.1) is 11.3 Å². The second-order valence-electron chi connectivity index (χ2n) is 13.9. The zero-order chi connectivity index (χ0) is 40.4. The average Bonchev–Trinajstić information content (AvgIpc) is 3.76. The van der Waals surface area contributed by atoms with E-state index in [1.807, 2.05) is 0 Å². The van der Waals surface area contributed by atoms with Crippen LogP contribution in [0.3, 0.4) is 0 Å². The number of alkyl halides is 3. The van der Waals surface area contributed by atoms with Crippen molar-refractivity contribution in [2.75, 3.05) is 24.7 Å². The van der Waals surface area contributed by atoms with Crippen molar-refractivity contribution in [3.8, 4) is 11.8 Å². The molecule has 7 amide bonds. The Morgan fingerprint density at radius 2 is 1.75 bits per heavy atom. The number of carbonyl (C=O) groups excluding carboxylic acids is 6.